The van der Waals surface area contributed by atoms with Crippen molar-refractivity contribution in [1.82, 2.24) is 10.6 Å². The van der Waals surface area contributed by atoms with Crippen molar-refractivity contribution in [3.8, 4) is 11.1 Å². The second-order valence-electron chi connectivity index (χ2n) is 6.92. The zero-order valence-corrected chi connectivity index (χ0v) is 16.0. The number of aliphatic carboxylic acids is 1. The highest BCUT2D eigenvalue weighted by Crippen LogP contribution is 2.44. The standard InChI is InChI=1S/C21H20F2N2O5/c1-12(18(26)27)25-19(28)21(22,23)11-24-20(29)30-10-17-15-8-4-2-6-13(15)14-7-3-5-9-16(14)17/h2-9,12,17H,10-11H2,1H3,(H,24,29)(H,25,28)(H,26,27)/t12-/m1/s1. The number of fused-ring (bicyclic) bond motifs is 3. The van der Waals surface area contributed by atoms with Crippen molar-refractivity contribution < 1.29 is 33.0 Å². The Kier molecular flexibility index (Phi) is 6.00. The summed E-state index contributed by atoms with van der Waals surface area (Å²) >= 11 is 0. The van der Waals surface area contributed by atoms with E-state index in [1.54, 1.807) is 5.32 Å². The van der Waals surface area contributed by atoms with Gasteiger partial charge in [-0.1, -0.05) is 48.5 Å². The lowest BCUT2D eigenvalue weighted by Gasteiger charge is -2.19. The van der Waals surface area contributed by atoms with Crippen LogP contribution in [0.4, 0.5) is 13.6 Å². The number of benzene rings is 2. The van der Waals surface area contributed by atoms with Gasteiger partial charge in [0.15, 0.2) is 0 Å². The fourth-order valence-electron chi connectivity index (χ4n) is 3.28. The first-order valence-electron chi connectivity index (χ1n) is 9.21. The molecule has 0 saturated carbocycles. The number of hydrogen-bond acceptors (Lipinski definition) is 4. The van der Waals surface area contributed by atoms with Crippen LogP contribution in [0.3, 0.4) is 0 Å². The van der Waals surface area contributed by atoms with Gasteiger partial charge in [0.25, 0.3) is 5.91 Å². The lowest BCUT2D eigenvalue weighted by Crippen LogP contribution is -2.52. The van der Waals surface area contributed by atoms with E-state index in [0.29, 0.717) is 0 Å². The molecule has 0 aromatic heterocycles. The van der Waals surface area contributed by atoms with E-state index in [1.807, 2.05) is 53.8 Å². The number of alkyl carbamates (subject to hydrolysis) is 1. The largest absolute Gasteiger partial charge is 0.480 e. The lowest BCUT2D eigenvalue weighted by molar-refractivity contribution is -0.150. The predicted molar refractivity (Wildman–Crippen MR) is 103 cm³/mol. The fraction of sp³-hybridized carbons (Fsp3) is 0.286. The van der Waals surface area contributed by atoms with Crippen LogP contribution in [-0.2, 0) is 14.3 Å². The molecular weight excluding hydrogens is 398 g/mol. The Morgan fingerprint density at radius 3 is 2.13 bits per heavy atom. The van der Waals surface area contributed by atoms with E-state index in [4.69, 9.17) is 9.84 Å². The van der Waals surface area contributed by atoms with Crippen LogP contribution in [0.1, 0.15) is 24.0 Å². The number of carboxylic acid groups (broad SMARTS) is 1. The van der Waals surface area contributed by atoms with Gasteiger partial charge in [-0.3, -0.25) is 9.59 Å². The van der Waals surface area contributed by atoms with Gasteiger partial charge in [0.05, 0.1) is 6.54 Å². The third-order valence-electron chi connectivity index (χ3n) is 4.85. The van der Waals surface area contributed by atoms with Gasteiger partial charge in [-0.15, -0.1) is 0 Å². The molecule has 3 N–H and O–H groups in total. The number of hydrogen-bond donors (Lipinski definition) is 3. The van der Waals surface area contributed by atoms with Crippen LogP contribution in [-0.4, -0.2) is 48.2 Å². The average Bonchev–Trinajstić information content (AvgIpc) is 3.04. The maximum atomic E-state index is 13.9. The van der Waals surface area contributed by atoms with Gasteiger partial charge in [0, 0.05) is 5.92 Å². The van der Waals surface area contributed by atoms with Gasteiger partial charge in [-0.05, 0) is 29.2 Å². The molecule has 0 fully saturated rings. The first-order chi connectivity index (χ1) is 14.2. The summed E-state index contributed by atoms with van der Waals surface area (Å²) < 4.78 is 32.8. The number of carbonyl (C=O) groups is 3. The van der Waals surface area contributed by atoms with Crippen LogP contribution in [0.5, 0.6) is 0 Å². The molecule has 9 heteroatoms. The molecule has 7 nitrogen and oxygen atoms in total. The van der Waals surface area contributed by atoms with E-state index >= 15 is 0 Å². The maximum absolute atomic E-state index is 13.9. The molecule has 2 amide bonds. The minimum atomic E-state index is -3.99. The fourth-order valence-corrected chi connectivity index (χ4v) is 3.28. The summed E-state index contributed by atoms with van der Waals surface area (Å²) in [5.74, 6) is -7.47. The van der Waals surface area contributed by atoms with Gasteiger partial charge in [0.1, 0.15) is 12.6 Å². The van der Waals surface area contributed by atoms with Crippen molar-refractivity contribution in [1.29, 1.82) is 0 Å². The van der Waals surface area contributed by atoms with E-state index in [9.17, 15) is 23.2 Å². The van der Waals surface area contributed by atoms with Crippen molar-refractivity contribution in [3.05, 3.63) is 59.7 Å². The molecule has 2 aromatic rings. The van der Waals surface area contributed by atoms with Gasteiger partial charge in [-0.25, -0.2) is 4.79 Å². The van der Waals surface area contributed by atoms with Crippen LogP contribution in [0, 0.1) is 0 Å². The monoisotopic (exact) mass is 418 g/mol. The van der Waals surface area contributed by atoms with Crippen molar-refractivity contribution >= 4 is 18.0 Å². The summed E-state index contributed by atoms with van der Waals surface area (Å²) in [6, 6.07) is 13.8. The Morgan fingerprint density at radius 1 is 1.07 bits per heavy atom. The Morgan fingerprint density at radius 2 is 1.60 bits per heavy atom. The van der Waals surface area contributed by atoms with Crippen LogP contribution >= 0.6 is 0 Å². The second-order valence-corrected chi connectivity index (χ2v) is 6.92. The molecule has 3 rings (SSSR count). The number of rotatable bonds is 7. The number of carbonyl (C=O) groups excluding carboxylic acids is 2. The molecule has 0 heterocycles. The molecule has 0 aliphatic heterocycles. The highest BCUT2D eigenvalue weighted by atomic mass is 19.3. The van der Waals surface area contributed by atoms with Crippen molar-refractivity contribution in [3.63, 3.8) is 0 Å². The molecule has 0 saturated heterocycles. The highest BCUT2D eigenvalue weighted by Gasteiger charge is 2.40. The summed E-state index contributed by atoms with van der Waals surface area (Å²) in [7, 11) is 0. The lowest BCUT2D eigenvalue weighted by atomic mass is 9.98. The Bertz CT molecular complexity index is 934. The quantitative estimate of drug-likeness (QED) is 0.641. The minimum absolute atomic E-state index is 0.0618. The van der Waals surface area contributed by atoms with Crippen LogP contribution < -0.4 is 10.6 Å². The molecule has 0 unspecified atom stereocenters. The third kappa shape index (κ3) is 4.40. The third-order valence-corrected chi connectivity index (χ3v) is 4.85. The van der Waals surface area contributed by atoms with Crippen LogP contribution in [0.15, 0.2) is 48.5 Å². The molecule has 2 aromatic carbocycles. The average molecular weight is 418 g/mol. The number of ether oxygens (including phenoxy) is 1. The van der Waals surface area contributed by atoms with Crippen molar-refractivity contribution in [2.24, 2.45) is 0 Å². The molecule has 1 aliphatic rings. The molecule has 0 radical (unpaired) electrons. The van der Waals surface area contributed by atoms with Crippen molar-refractivity contribution in [2.75, 3.05) is 13.2 Å². The Hall–Kier alpha value is -3.49. The topological polar surface area (TPSA) is 105 Å². The molecule has 1 atom stereocenters. The van der Waals surface area contributed by atoms with E-state index in [1.165, 1.54) is 0 Å². The maximum Gasteiger partial charge on any atom is 0.407 e. The van der Waals surface area contributed by atoms with E-state index < -0.39 is 36.5 Å². The minimum Gasteiger partial charge on any atom is -0.480 e. The first-order valence-corrected chi connectivity index (χ1v) is 9.21. The van der Waals surface area contributed by atoms with E-state index in [-0.39, 0.29) is 12.5 Å². The van der Waals surface area contributed by atoms with Gasteiger partial charge < -0.3 is 20.5 Å². The molecule has 0 bridgehead atoms. The summed E-state index contributed by atoms with van der Waals surface area (Å²) in [6.07, 6.45) is -1.10. The zero-order valence-electron chi connectivity index (χ0n) is 16.0. The van der Waals surface area contributed by atoms with E-state index in [0.717, 1.165) is 29.2 Å². The number of amides is 2. The van der Waals surface area contributed by atoms with Crippen LogP contribution in [0.25, 0.3) is 11.1 Å². The normalized spacial score (nSPS) is 13.7. The molecule has 0 spiro atoms. The van der Waals surface area contributed by atoms with E-state index in [2.05, 4.69) is 0 Å². The number of nitrogens with one attached hydrogen (secondary N) is 2. The first kappa shape index (κ1) is 21.2. The number of halogens is 2. The van der Waals surface area contributed by atoms with Gasteiger partial charge in [-0.2, -0.15) is 8.78 Å². The smallest absolute Gasteiger partial charge is 0.407 e. The Balaban J connectivity index is 1.58. The second kappa shape index (κ2) is 8.48. The molecule has 1 aliphatic carbocycles. The van der Waals surface area contributed by atoms with Gasteiger partial charge >= 0.3 is 18.0 Å². The summed E-state index contributed by atoms with van der Waals surface area (Å²) in [5.41, 5.74) is 3.99. The highest BCUT2D eigenvalue weighted by molar-refractivity contribution is 5.88. The summed E-state index contributed by atoms with van der Waals surface area (Å²) in [4.78, 5) is 34.1. The molecule has 30 heavy (non-hydrogen) atoms. The number of carboxylic acids is 1. The Labute approximate surface area is 171 Å². The summed E-state index contributed by atoms with van der Waals surface area (Å²) in [5, 5.41) is 12.2. The predicted octanol–water partition coefficient (Wildman–Crippen LogP) is 2.75. The summed E-state index contributed by atoms with van der Waals surface area (Å²) in [6.45, 7) is -0.329. The number of alkyl halides is 2. The zero-order chi connectivity index (χ0) is 21.9. The molecule has 158 valence electrons. The van der Waals surface area contributed by atoms with Crippen LogP contribution in [0.2, 0.25) is 0 Å². The molecular formula is C21H20F2N2O5. The van der Waals surface area contributed by atoms with Crippen molar-refractivity contribution in [2.45, 2.75) is 24.8 Å². The SMILES string of the molecule is C[C@@H](NC(=O)C(F)(F)CNC(=O)OCC1c2ccccc2-c2ccccc21)C(=O)O. The van der Waals surface area contributed by atoms with Gasteiger partial charge in [0.2, 0.25) is 0 Å².